The highest BCUT2D eigenvalue weighted by molar-refractivity contribution is 9.10. The van der Waals surface area contributed by atoms with Crippen LogP contribution in [0.2, 0.25) is 0 Å². The highest BCUT2D eigenvalue weighted by Gasteiger charge is 2.30. The molecule has 0 saturated heterocycles. The van der Waals surface area contributed by atoms with Gasteiger partial charge >= 0.3 is 0 Å². The predicted molar refractivity (Wildman–Crippen MR) is 134 cm³/mol. The van der Waals surface area contributed by atoms with E-state index in [2.05, 4.69) is 37.2 Å². The van der Waals surface area contributed by atoms with E-state index in [0.29, 0.717) is 12.2 Å². The zero-order chi connectivity index (χ0) is 23.9. The predicted octanol–water partition coefficient (Wildman–Crippen LogP) is 3.92. The van der Waals surface area contributed by atoms with Gasteiger partial charge in [0, 0.05) is 22.0 Å². The minimum atomic E-state index is -3.74. The van der Waals surface area contributed by atoms with Gasteiger partial charge in [-0.2, -0.15) is 0 Å². The first-order valence-electron chi connectivity index (χ1n) is 10.1. The summed E-state index contributed by atoms with van der Waals surface area (Å²) in [7, 11) is -3.74. The van der Waals surface area contributed by atoms with Crippen LogP contribution < -0.4 is 9.62 Å². The summed E-state index contributed by atoms with van der Waals surface area (Å²) >= 11 is 6.74. The normalized spacial score (nSPS) is 12.2. The fraction of sp³-hybridized carbons (Fsp3) is 0.364. The van der Waals surface area contributed by atoms with E-state index >= 15 is 0 Å². The van der Waals surface area contributed by atoms with Crippen molar-refractivity contribution in [1.82, 2.24) is 10.2 Å². The number of hydrogen-bond donors (Lipinski definition) is 1. The van der Waals surface area contributed by atoms with Crippen molar-refractivity contribution >= 4 is 59.4 Å². The maximum Gasteiger partial charge on any atom is 0.244 e. The lowest BCUT2D eigenvalue weighted by Crippen LogP contribution is -2.51. The molecule has 1 atom stereocenters. The smallest absolute Gasteiger partial charge is 0.244 e. The van der Waals surface area contributed by atoms with Crippen LogP contribution in [0.25, 0.3) is 0 Å². The average molecular weight is 589 g/mol. The number of benzene rings is 2. The van der Waals surface area contributed by atoms with Gasteiger partial charge in [0.25, 0.3) is 0 Å². The molecule has 2 rings (SSSR count). The minimum Gasteiger partial charge on any atom is -0.354 e. The lowest BCUT2D eigenvalue weighted by Gasteiger charge is -2.31. The molecule has 2 aromatic rings. The third-order valence-corrected chi connectivity index (χ3v) is 6.91. The molecule has 0 aliphatic rings. The third kappa shape index (κ3) is 7.60. The number of rotatable bonds is 10. The molecule has 2 amide bonds. The lowest BCUT2D eigenvalue weighted by molar-refractivity contribution is -0.139. The molecule has 0 heterocycles. The van der Waals surface area contributed by atoms with Gasteiger partial charge in [0.05, 0.1) is 11.9 Å². The van der Waals surface area contributed by atoms with Crippen LogP contribution in [0.1, 0.15) is 25.8 Å². The Morgan fingerprint density at radius 1 is 1.06 bits per heavy atom. The van der Waals surface area contributed by atoms with E-state index in [0.717, 1.165) is 31.5 Å². The Hall–Kier alpha value is -1.91. The largest absolute Gasteiger partial charge is 0.354 e. The summed E-state index contributed by atoms with van der Waals surface area (Å²) in [5.74, 6) is -0.762. The van der Waals surface area contributed by atoms with E-state index in [1.165, 1.54) is 4.90 Å². The summed E-state index contributed by atoms with van der Waals surface area (Å²) in [6, 6.07) is 13.3. The molecule has 7 nitrogen and oxygen atoms in total. The highest BCUT2D eigenvalue weighted by Crippen LogP contribution is 2.22. The Bertz CT molecular complexity index is 1050. The second-order valence-electron chi connectivity index (χ2n) is 7.36. The number of carbonyl (C=O) groups is 2. The first-order chi connectivity index (χ1) is 15.0. The van der Waals surface area contributed by atoms with Crippen molar-refractivity contribution in [3.63, 3.8) is 0 Å². The molecule has 0 saturated carbocycles. The number of nitrogens with one attached hydrogen (secondary N) is 1. The Kier molecular flexibility index (Phi) is 9.72. The molecule has 10 heteroatoms. The van der Waals surface area contributed by atoms with Crippen LogP contribution in [0, 0.1) is 0 Å². The summed E-state index contributed by atoms with van der Waals surface area (Å²) in [6.45, 7) is 3.83. The standard InChI is InChI=1S/C22H27Br2N3O4S/c1-4-12-25-22(29)16(2)26(14-17-6-5-7-19(24)13-17)21(28)15-27(32(3,30)31)20-10-8-18(23)9-11-20/h5-11,13,16H,4,12,14-15H2,1-3H3,(H,25,29). The van der Waals surface area contributed by atoms with Crippen LogP contribution in [0.4, 0.5) is 5.69 Å². The number of nitrogens with zero attached hydrogens (tertiary/aromatic N) is 2. The topological polar surface area (TPSA) is 86.8 Å². The van der Waals surface area contributed by atoms with E-state index in [-0.39, 0.29) is 12.5 Å². The highest BCUT2D eigenvalue weighted by atomic mass is 79.9. The number of amides is 2. The number of sulfonamides is 1. The van der Waals surface area contributed by atoms with Gasteiger partial charge in [-0.1, -0.05) is 50.9 Å². The fourth-order valence-electron chi connectivity index (χ4n) is 3.03. The summed E-state index contributed by atoms with van der Waals surface area (Å²) in [4.78, 5) is 27.4. The van der Waals surface area contributed by atoms with Gasteiger partial charge in [-0.25, -0.2) is 8.42 Å². The lowest BCUT2D eigenvalue weighted by atomic mass is 10.1. The second kappa shape index (κ2) is 11.8. The summed E-state index contributed by atoms with van der Waals surface area (Å²) in [5, 5.41) is 2.81. The zero-order valence-corrected chi connectivity index (χ0v) is 22.2. The molecule has 32 heavy (non-hydrogen) atoms. The van der Waals surface area contributed by atoms with Gasteiger partial charge in [-0.05, 0) is 55.3 Å². The van der Waals surface area contributed by atoms with Crippen molar-refractivity contribution in [2.45, 2.75) is 32.9 Å². The van der Waals surface area contributed by atoms with Gasteiger partial charge in [0.2, 0.25) is 21.8 Å². The van der Waals surface area contributed by atoms with Crippen LogP contribution in [-0.2, 0) is 26.2 Å². The number of hydrogen-bond acceptors (Lipinski definition) is 4. The van der Waals surface area contributed by atoms with Crippen molar-refractivity contribution < 1.29 is 18.0 Å². The molecule has 1 unspecified atom stereocenters. The molecule has 0 spiro atoms. The molecule has 0 bridgehead atoms. The van der Waals surface area contributed by atoms with Crippen LogP contribution >= 0.6 is 31.9 Å². The molecule has 1 N–H and O–H groups in total. The van der Waals surface area contributed by atoms with Crippen LogP contribution in [0.5, 0.6) is 0 Å². The Morgan fingerprint density at radius 3 is 2.28 bits per heavy atom. The summed E-state index contributed by atoms with van der Waals surface area (Å²) in [5.41, 5.74) is 1.19. The summed E-state index contributed by atoms with van der Waals surface area (Å²) in [6.07, 6.45) is 1.82. The monoisotopic (exact) mass is 587 g/mol. The van der Waals surface area contributed by atoms with E-state index in [9.17, 15) is 18.0 Å². The van der Waals surface area contributed by atoms with Crippen LogP contribution in [-0.4, -0.2) is 50.5 Å². The Morgan fingerprint density at radius 2 is 1.72 bits per heavy atom. The van der Waals surface area contributed by atoms with Crippen molar-refractivity contribution in [2.24, 2.45) is 0 Å². The maximum absolute atomic E-state index is 13.4. The summed E-state index contributed by atoms with van der Waals surface area (Å²) < 4.78 is 27.6. The molecule has 0 radical (unpaired) electrons. The number of anilines is 1. The van der Waals surface area contributed by atoms with Gasteiger partial charge in [0.15, 0.2) is 0 Å². The quantitative estimate of drug-likeness (QED) is 0.456. The fourth-order valence-corrected chi connectivity index (χ4v) is 4.59. The molecule has 0 aliphatic carbocycles. The first-order valence-corrected chi connectivity index (χ1v) is 13.5. The molecule has 174 valence electrons. The van der Waals surface area contributed by atoms with Crippen molar-refractivity contribution in [3.8, 4) is 0 Å². The van der Waals surface area contributed by atoms with Gasteiger partial charge < -0.3 is 10.2 Å². The van der Waals surface area contributed by atoms with Gasteiger partial charge in [0.1, 0.15) is 12.6 Å². The molecule has 2 aromatic carbocycles. The van der Waals surface area contributed by atoms with E-state index in [1.807, 2.05) is 31.2 Å². The Balaban J connectivity index is 2.35. The van der Waals surface area contributed by atoms with Crippen molar-refractivity contribution in [2.75, 3.05) is 23.7 Å². The molecular formula is C22H27Br2N3O4S. The van der Waals surface area contributed by atoms with Crippen molar-refractivity contribution in [3.05, 3.63) is 63.0 Å². The van der Waals surface area contributed by atoms with Gasteiger partial charge in [-0.15, -0.1) is 0 Å². The van der Waals surface area contributed by atoms with E-state index in [1.54, 1.807) is 31.2 Å². The number of halogens is 2. The van der Waals surface area contributed by atoms with E-state index < -0.39 is 28.5 Å². The first kappa shape index (κ1) is 26.3. The van der Waals surface area contributed by atoms with Gasteiger partial charge in [-0.3, -0.25) is 13.9 Å². The Labute approximate surface area is 206 Å². The second-order valence-corrected chi connectivity index (χ2v) is 11.1. The van der Waals surface area contributed by atoms with E-state index in [4.69, 9.17) is 0 Å². The minimum absolute atomic E-state index is 0.164. The maximum atomic E-state index is 13.4. The van der Waals surface area contributed by atoms with Crippen molar-refractivity contribution in [1.29, 1.82) is 0 Å². The molecular weight excluding hydrogens is 562 g/mol. The van der Waals surface area contributed by atoms with Crippen LogP contribution in [0.3, 0.4) is 0 Å². The molecule has 0 fully saturated rings. The average Bonchev–Trinajstić information content (AvgIpc) is 2.73. The SMILES string of the molecule is CCCNC(=O)C(C)N(Cc1cccc(Br)c1)C(=O)CN(c1ccc(Br)cc1)S(C)(=O)=O. The molecule has 0 aliphatic heterocycles. The zero-order valence-electron chi connectivity index (χ0n) is 18.2. The third-order valence-electron chi connectivity index (χ3n) is 4.75. The molecule has 0 aromatic heterocycles. The number of carbonyl (C=O) groups excluding carboxylic acids is 2. The van der Waals surface area contributed by atoms with Crippen LogP contribution in [0.15, 0.2) is 57.5 Å².